The van der Waals surface area contributed by atoms with Gasteiger partial charge in [-0.25, -0.2) is 0 Å². The lowest BCUT2D eigenvalue weighted by Crippen LogP contribution is -2.21. The highest BCUT2D eigenvalue weighted by molar-refractivity contribution is 7.17. The molecule has 3 rings (SSSR count). The zero-order valence-electron chi connectivity index (χ0n) is 14.2. The number of hydrogen-bond acceptors (Lipinski definition) is 5. The highest BCUT2D eigenvalue weighted by atomic mass is 32.1. The average molecular weight is 380 g/mol. The van der Waals surface area contributed by atoms with Gasteiger partial charge in [-0.2, -0.15) is 18.2 Å². The number of rotatable bonds is 3. The number of aromatic nitrogens is 2. The standard InChI is InChI=1S/C18H15F3N2O2S/c1-17(2,3)11-6-4-10(5-7-11)15-22-16(25-23-15)13-9-8-12(26-13)14(24)18(19,20)21/h4-9H,1-3H3. The molecule has 0 saturated carbocycles. The van der Waals surface area contributed by atoms with Crippen molar-refractivity contribution in [2.75, 3.05) is 0 Å². The van der Waals surface area contributed by atoms with Gasteiger partial charge < -0.3 is 4.52 Å². The molecule has 0 spiro atoms. The molecular formula is C18H15F3N2O2S. The van der Waals surface area contributed by atoms with Crippen LogP contribution in [0.5, 0.6) is 0 Å². The zero-order valence-corrected chi connectivity index (χ0v) is 15.0. The maximum Gasteiger partial charge on any atom is 0.455 e. The third-order valence-electron chi connectivity index (χ3n) is 3.73. The molecule has 0 aliphatic heterocycles. The van der Waals surface area contributed by atoms with E-state index >= 15 is 0 Å². The predicted octanol–water partition coefficient (Wildman–Crippen LogP) is 5.51. The maximum atomic E-state index is 12.5. The van der Waals surface area contributed by atoms with E-state index in [1.54, 1.807) is 0 Å². The van der Waals surface area contributed by atoms with Crippen molar-refractivity contribution in [2.24, 2.45) is 0 Å². The molecule has 2 aromatic heterocycles. The topological polar surface area (TPSA) is 56.0 Å². The minimum Gasteiger partial charge on any atom is -0.333 e. The molecule has 26 heavy (non-hydrogen) atoms. The summed E-state index contributed by atoms with van der Waals surface area (Å²) in [6.07, 6.45) is -4.91. The van der Waals surface area contributed by atoms with Crippen molar-refractivity contribution in [1.82, 2.24) is 10.1 Å². The van der Waals surface area contributed by atoms with Crippen LogP contribution in [0.1, 0.15) is 36.0 Å². The van der Waals surface area contributed by atoms with Crippen LogP contribution >= 0.6 is 11.3 Å². The summed E-state index contributed by atoms with van der Waals surface area (Å²) in [7, 11) is 0. The first-order valence-electron chi connectivity index (χ1n) is 7.72. The second kappa shape index (κ2) is 6.35. The summed E-state index contributed by atoms with van der Waals surface area (Å²) in [4.78, 5) is 15.4. The van der Waals surface area contributed by atoms with E-state index in [1.165, 1.54) is 6.07 Å². The normalized spacial score (nSPS) is 12.4. The molecule has 0 unspecified atom stereocenters. The van der Waals surface area contributed by atoms with Crippen LogP contribution in [-0.4, -0.2) is 22.1 Å². The summed E-state index contributed by atoms with van der Waals surface area (Å²) in [5.74, 6) is -1.48. The maximum absolute atomic E-state index is 12.5. The van der Waals surface area contributed by atoms with Crippen LogP contribution in [0.15, 0.2) is 40.9 Å². The van der Waals surface area contributed by atoms with Gasteiger partial charge in [-0.15, -0.1) is 11.3 Å². The fraction of sp³-hybridized carbons (Fsp3) is 0.278. The van der Waals surface area contributed by atoms with E-state index in [9.17, 15) is 18.0 Å². The predicted molar refractivity (Wildman–Crippen MR) is 92.1 cm³/mol. The Hall–Kier alpha value is -2.48. The minimum atomic E-state index is -4.91. The molecule has 0 fully saturated rings. The van der Waals surface area contributed by atoms with E-state index in [4.69, 9.17) is 4.52 Å². The molecule has 2 heterocycles. The van der Waals surface area contributed by atoms with Crippen LogP contribution in [0.25, 0.3) is 22.2 Å². The number of ketones is 1. The Labute approximate surface area is 151 Å². The summed E-state index contributed by atoms with van der Waals surface area (Å²) in [6.45, 7) is 6.31. The first-order chi connectivity index (χ1) is 12.1. The first kappa shape index (κ1) is 18.3. The molecule has 8 heteroatoms. The van der Waals surface area contributed by atoms with Crippen LogP contribution in [-0.2, 0) is 5.41 Å². The average Bonchev–Trinajstić information content (AvgIpc) is 3.22. The third kappa shape index (κ3) is 3.70. The van der Waals surface area contributed by atoms with Crippen LogP contribution in [0, 0.1) is 0 Å². The molecule has 0 amide bonds. The van der Waals surface area contributed by atoms with Crippen LogP contribution in [0.2, 0.25) is 0 Å². The fourth-order valence-corrected chi connectivity index (χ4v) is 3.16. The Balaban J connectivity index is 1.85. The Morgan fingerprint density at radius 2 is 1.69 bits per heavy atom. The Morgan fingerprint density at radius 3 is 2.27 bits per heavy atom. The summed E-state index contributed by atoms with van der Waals surface area (Å²) in [5.41, 5.74) is 1.90. The van der Waals surface area contributed by atoms with E-state index in [0.717, 1.165) is 17.2 Å². The van der Waals surface area contributed by atoms with Crippen molar-refractivity contribution >= 4 is 17.1 Å². The number of halogens is 3. The minimum absolute atomic E-state index is 0.0132. The summed E-state index contributed by atoms with van der Waals surface area (Å²) < 4.78 is 42.6. The Kier molecular flexibility index (Phi) is 4.47. The smallest absolute Gasteiger partial charge is 0.333 e. The van der Waals surface area contributed by atoms with E-state index in [2.05, 4.69) is 30.9 Å². The molecule has 0 radical (unpaired) electrons. The lowest BCUT2D eigenvalue weighted by atomic mass is 9.87. The third-order valence-corrected chi connectivity index (χ3v) is 4.81. The summed E-state index contributed by atoms with van der Waals surface area (Å²) >= 11 is 0.670. The second-order valence-corrected chi connectivity index (χ2v) is 7.83. The highest BCUT2D eigenvalue weighted by Gasteiger charge is 2.40. The van der Waals surface area contributed by atoms with Gasteiger partial charge in [0.1, 0.15) is 0 Å². The number of carbonyl (C=O) groups is 1. The quantitative estimate of drug-likeness (QED) is 0.563. The molecule has 0 N–H and O–H groups in total. The monoisotopic (exact) mass is 380 g/mol. The van der Waals surface area contributed by atoms with Crippen LogP contribution < -0.4 is 0 Å². The van der Waals surface area contributed by atoms with Gasteiger partial charge in [-0.05, 0) is 23.1 Å². The second-order valence-electron chi connectivity index (χ2n) is 6.74. The van der Waals surface area contributed by atoms with E-state index in [1.807, 2.05) is 24.3 Å². The van der Waals surface area contributed by atoms with Crippen molar-refractivity contribution in [3.63, 3.8) is 0 Å². The van der Waals surface area contributed by atoms with Crippen LogP contribution in [0.3, 0.4) is 0 Å². The van der Waals surface area contributed by atoms with E-state index < -0.39 is 16.8 Å². The largest absolute Gasteiger partial charge is 0.455 e. The lowest BCUT2D eigenvalue weighted by Gasteiger charge is -2.18. The summed E-state index contributed by atoms with van der Waals surface area (Å²) in [5, 5.41) is 3.87. The van der Waals surface area contributed by atoms with E-state index in [0.29, 0.717) is 22.0 Å². The van der Waals surface area contributed by atoms with Gasteiger partial charge in [0.15, 0.2) is 0 Å². The fourth-order valence-electron chi connectivity index (χ4n) is 2.27. The number of carbonyl (C=O) groups excluding carboxylic acids is 1. The number of Topliss-reactive ketones (excluding diaryl/α,β-unsaturated/α-hetero) is 1. The number of nitrogens with zero attached hydrogens (tertiary/aromatic N) is 2. The molecule has 0 aliphatic rings. The Morgan fingerprint density at radius 1 is 1.04 bits per heavy atom. The zero-order chi connectivity index (χ0) is 19.1. The van der Waals surface area contributed by atoms with Gasteiger partial charge in [-0.3, -0.25) is 4.79 Å². The SMILES string of the molecule is CC(C)(C)c1ccc(-c2noc(-c3ccc(C(=O)C(F)(F)F)s3)n2)cc1. The first-order valence-corrected chi connectivity index (χ1v) is 8.54. The molecule has 3 aromatic rings. The number of thiophene rings is 1. The lowest BCUT2D eigenvalue weighted by molar-refractivity contribution is -0.0882. The van der Waals surface area contributed by atoms with Crippen molar-refractivity contribution in [2.45, 2.75) is 32.4 Å². The molecule has 0 bridgehead atoms. The number of alkyl halides is 3. The number of hydrogen-bond donors (Lipinski definition) is 0. The highest BCUT2D eigenvalue weighted by Crippen LogP contribution is 2.32. The van der Waals surface area contributed by atoms with Gasteiger partial charge in [-0.1, -0.05) is 50.2 Å². The Bertz CT molecular complexity index is 934. The molecule has 0 atom stereocenters. The molecule has 1 aromatic carbocycles. The molecule has 0 saturated heterocycles. The van der Waals surface area contributed by atoms with Crippen molar-refractivity contribution in [1.29, 1.82) is 0 Å². The van der Waals surface area contributed by atoms with Crippen LogP contribution in [0.4, 0.5) is 13.2 Å². The van der Waals surface area contributed by atoms with E-state index in [-0.39, 0.29) is 11.3 Å². The van der Waals surface area contributed by atoms with Gasteiger partial charge >= 0.3 is 6.18 Å². The van der Waals surface area contributed by atoms with Gasteiger partial charge in [0, 0.05) is 5.56 Å². The summed E-state index contributed by atoms with van der Waals surface area (Å²) in [6, 6.07) is 10.1. The molecule has 0 aliphatic carbocycles. The molecule has 4 nitrogen and oxygen atoms in total. The van der Waals surface area contributed by atoms with Gasteiger partial charge in [0.2, 0.25) is 5.82 Å². The molecular weight excluding hydrogens is 365 g/mol. The van der Waals surface area contributed by atoms with Crippen molar-refractivity contribution in [3.05, 3.63) is 46.8 Å². The van der Waals surface area contributed by atoms with Gasteiger partial charge in [0.05, 0.1) is 9.75 Å². The van der Waals surface area contributed by atoms with Crippen molar-refractivity contribution in [3.8, 4) is 22.2 Å². The van der Waals surface area contributed by atoms with Crippen molar-refractivity contribution < 1.29 is 22.5 Å². The van der Waals surface area contributed by atoms with Gasteiger partial charge in [0.25, 0.3) is 11.7 Å². The molecule has 136 valence electrons. The number of benzene rings is 1.